The molecule has 3 rings (SSSR count). The molecule has 2 aliphatic rings. The Bertz CT molecular complexity index is 1910. The summed E-state index contributed by atoms with van der Waals surface area (Å²) in [4.78, 5) is 134. The van der Waals surface area contributed by atoms with Gasteiger partial charge in [-0.2, -0.15) is 0 Å². The number of aliphatic hydroxyl groups excluding tert-OH is 1. The van der Waals surface area contributed by atoms with E-state index in [0.29, 0.717) is 24.8 Å². The zero-order chi connectivity index (χ0) is 48.7. The summed E-state index contributed by atoms with van der Waals surface area (Å²) in [5, 5.41) is 41.5. The van der Waals surface area contributed by atoms with E-state index in [1.54, 1.807) is 27.7 Å². The number of phenols is 1. The van der Waals surface area contributed by atoms with Crippen molar-refractivity contribution in [3.63, 3.8) is 0 Å². The summed E-state index contributed by atoms with van der Waals surface area (Å²) in [5.41, 5.74) is 16.7. The topological polar surface area (TPSA) is 376 Å². The number of hydrogen-bond donors (Lipinski definition) is 11. The Morgan fingerprint density at radius 2 is 1.26 bits per heavy atom. The van der Waals surface area contributed by atoms with Gasteiger partial charge in [-0.05, 0) is 61.6 Å². The summed E-state index contributed by atoms with van der Waals surface area (Å²) < 4.78 is 0. The first-order chi connectivity index (χ1) is 30.6. The van der Waals surface area contributed by atoms with Gasteiger partial charge in [0.15, 0.2) is 0 Å². The van der Waals surface area contributed by atoms with E-state index in [9.17, 15) is 63.3 Å². The molecule has 9 amide bonds. The largest absolute Gasteiger partial charge is 0.508 e. The maximum Gasteiger partial charge on any atom is 0.326 e. The Balaban J connectivity index is 1.90. The van der Waals surface area contributed by atoms with E-state index in [2.05, 4.69) is 26.6 Å². The van der Waals surface area contributed by atoms with Crippen molar-refractivity contribution in [1.29, 1.82) is 0 Å². The van der Waals surface area contributed by atoms with E-state index >= 15 is 0 Å². The number of hydrogen-bond acceptors (Lipinski definition) is 13. The Morgan fingerprint density at radius 1 is 0.708 bits per heavy atom. The first-order valence-corrected chi connectivity index (χ1v) is 21.7. The van der Waals surface area contributed by atoms with Crippen LogP contribution in [0.15, 0.2) is 24.3 Å². The van der Waals surface area contributed by atoms with Crippen molar-refractivity contribution in [2.45, 2.75) is 134 Å². The molecule has 23 heteroatoms. The van der Waals surface area contributed by atoms with Crippen LogP contribution < -0.4 is 43.8 Å². The maximum absolute atomic E-state index is 14.5. The van der Waals surface area contributed by atoms with Crippen molar-refractivity contribution < 1.29 is 63.3 Å². The molecule has 2 aliphatic heterocycles. The highest BCUT2D eigenvalue weighted by Crippen LogP contribution is 2.23. The number of rotatable bonds is 24. The molecule has 0 spiro atoms. The molecule has 1 aromatic carbocycles. The number of carbonyl (C=O) groups is 10. The van der Waals surface area contributed by atoms with Gasteiger partial charge in [-0.1, -0.05) is 46.2 Å². The summed E-state index contributed by atoms with van der Waals surface area (Å²) >= 11 is 0. The standard InChI is InChI=1S/C42H64N10O13/c1-5-22(4)34(39(61)49-33(21(2)3)41(63)52-17-7-9-30(52)42(64)65)50-38(60)29-8-6-16-51(29)40(62)28(18-23-10-12-24(54)13-11-23)48-37(59)27(19-32(45)56)47-36(58)26(14-15-31(44)55)46-35(57)25(43)20-53/h10-13,21-22,25-30,33-34,53-54H,5-9,14-20,43H2,1-4H3,(H2,44,55)(H2,45,56)(H,46,57)(H,47,58)(H,48,59)(H,49,61)(H,50,60)(H,64,65)/t22-,25-,26-,27-,28-,29-,30-,33-,34-/m0/s1. The number of aromatic hydroxyl groups is 1. The van der Waals surface area contributed by atoms with Gasteiger partial charge in [0.05, 0.1) is 13.0 Å². The Hall–Kier alpha value is -6.36. The molecule has 9 atom stereocenters. The van der Waals surface area contributed by atoms with Crippen LogP contribution in [-0.4, -0.2) is 152 Å². The minimum Gasteiger partial charge on any atom is -0.508 e. The van der Waals surface area contributed by atoms with Crippen LogP contribution in [0, 0.1) is 11.8 Å². The molecule has 360 valence electrons. The van der Waals surface area contributed by atoms with Gasteiger partial charge >= 0.3 is 5.97 Å². The fourth-order valence-electron chi connectivity index (χ4n) is 7.62. The number of aliphatic carboxylic acids is 1. The smallest absolute Gasteiger partial charge is 0.326 e. The Morgan fingerprint density at radius 3 is 1.80 bits per heavy atom. The van der Waals surface area contributed by atoms with Crippen LogP contribution in [0.25, 0.3) is 0 Å². The van der Waals surface area contributed by atoms with Crippen molar-refractivity contribution in [2.24, 2.45) is 29.0 Å². The minimum absolute atomic E-state index is 0.0439. The SMILES string of the molecule is CC[C@H](C)[C@H](NC(=O)[C@@H]1CCCN1C(=O)[C@H](Cc1ccc(O)cc1)NC(=O)[C@H](CC(N)=O)NC(=O)[C@H](CCC(N)=O)NC(=O)[C@@H](N)CO)C(=O)N[C@H](C(=O)N1CCC[C@H]1C(=O)O)C(C)C. The second kappa shape index (κ2) is 24.6. The van der Waals surface area contributed by atoms with Gasteiger partial charge < -0.3 is 68.9 Å². The zero-order valence-corrected chi connectivity index (χ0v) is 37.1. The molecule has 23 nitrogen and oxygen atoms in total. The highest BCUT2D eigenvalue weighted by Gasteiger charge is 2.43. The van der Waals surface area contributed by atoms with Crippen LogP contribution in [0.2, 0.25) is 0 Å². The molecule has 0 saturated carbocycles. The summed E-state index contributed by atoms with van der Waals surface area (Å²) in [6.45, 7) is 6.38. The molecule has 2 heterocycles. The number of nitrogens with two attached hydrogens (primary N) is 3. The molecule has 0 bridgehead atoms. The molecule has 2 saturated heterocycles. The van der Waals surface area contributed by atoms with Crippen LogP contribution in [0.3, 0.4) is 0 Å². The summed E-state index contributed by atoms with van der Waals surface area (Å²) in [5.74, 6) is -9.87. The molecule has 65 heavy (non-hydrogen) atoms. The van der Waals surface area contributed by atoms with Gasteiger partial charge in [0.25, 0.3) is 0 Å². The van der Waals surface area contributed by atoms with Crippen LogP contribution >= 0.6 is 0 Å². The van der Waals surface area contributed by atoms with E-state index in [1.807, 2.05) is 0 Å². The van der Waals surface area contributed by atoms with E-state index in [-0.39, 0.29) is 44.5 Å². The number of phenolic OH excluding ortho intramolecular Hbond substituents is 1. The molecular formula is C42H64N10O13. The average Bonchev–Trinajstić information content (AvgIpc) is 3.96. The molecule has 0 aliphatic carbocycles. The van der Waals surface area contributed by atoms with Crippen molar-refractivity contribution in [2.75, 3.05) is 19.7 Å². The van der Waals surface area contributed by atoms with E-state index in [0.717, 1.165) is 0 Å². The maximum atomic E-state index is 14.5. The third kappa shape index (κ3) is 15.1. The lowest BCUT2D eigenvalue weighted by Gasteiger charge is -2.33. The molecule has 1 aromatic rings. The van der Waals surface area contributed by atoms with Gasteiger partial charge in [-0.3, -0.25) is 43.2 Å². The number of nitrogens with one attached hydrogen (secondary N) is 5. The number of benzene rings is 1. The number of aliphatic hydroxyl groups is 1. The van der Waals surface area contributed by atoms with Gasteiger partial charge in [-0.15, -0.1) is 0 Å². The lowest BCUT2D eigenvalue weighted by atomic mass is 9.95. The highest BCUT2D eigenvalue weighted by atomic mass is 16.4. The predicted molar refractivity (Wildman–Crippen MR) is 230 cm³/mol. The quantitative estimate of drug-likeness (QED) is 0.0482. The van der Waals surface area contributed by atoms with Crippen molar-refractivity contribution in [1.82, 2.24) is 36.4 Å². The minimum atomic E-state index is -1.75. The number of nitrogens with zero attached hydrogens (tertiary/aromatic N) is 2. The fourth-order valence-corrected chi connectivity index (χ4v) is 7.62. The van der Waals surface area contributed by atoms with Crippen molar-refractivity contribution >= 4 is 59.1 Å². The first kappa shape index (κ1) is 53.0. The lowest BCUT2D eigenvalue weighted by molar-refractivity contribution is -0.150. The number of carboxylic acids is 1. The van der Waals surface area contributed by atoms with Gasteiger partial charge in [-0.25, -0.2) is 4.79 Å². The second-order valence-electron chi connectivity index (χ2n) is 16.8. The third-order valence-corrected chi connectivity index (χ3v) is 11.6. The molecule has 0 radical (unpaired) electrons. The van der Waals surface area contributed by atoms with Crippen LogP contribution in [0.5, 0.6) is 5.75 Å². The lowest BCUT2D eigenvalue weighted by Crippen LogP contribution is -2.61. The van der Waals surface area contributed by atoms with Crippen molar-refractivity contribution in [3.05, 3.63) is 29.8 Å². The molecule has 0 aromatic heterocycles. The molecule has 0 unspecified atom stereocenters. The summed E-state index contributed by atoms with van der Waals surface area (Å²) in [7, 11) is 0. The number of carboxylic acid groups (broad SMARTS) is 1. The number of amides is 9. The Labute approximate surface area is 376 Å². The summed E-state index contributed by atoms with van der Waals surface area (Å²) in [6, 6.07) is -5.00. The van der Waals surface area contributed by atoms with Crippen LogP contribution in [0.4, 0.5) is 0 Å². The zero-order valence-electron chi connectivity index (χ0n) is 37.1. The average molecular weight is 917 g/mol. The van der Waals surface area contributed by atoms with E-state index in [1.165, 1.54) is 34.1 Å². The molecule has 2 fully saturated rings. The second-order valence-corrected chi connectivity index (χ2v) is 16.8. The molecular weight excluding hydrogens is 853 g/mol. The molecule has 14 N–H and O–H groups in total. The number of likely N-dealkylation sites (tertiary alicyclic amines) is 2. The van der Waals surface area contributed by atoms with E-state index in [4.69, 9.17) is 17.2 Å². The summed E-state index contributed by atoms with van der Waals surface area (Å²) in [6.07, 6.45) is -0.105. The van der Waals surface area contributed by atoms with Crippen molar-refractivity contribution in [3.8, 4) is 5.75 Å². The first-order valence-electron chi connectivity index (χ1n) is 21.7. The Kier molecular flexibility index (Phi) is 20.1. The van der Waals surface area contributed by atoms with Gasteiger partial charge in [0, 0.05) is 25.9 Å². The van der Waals surface area contributed by atoms with Crippen LogP contribution in [0.1, 0.15) is 84.6 Å². The normalized spacial score (nSPS) is 19.1. The predicted octanol–water partition coefficient (Wildman–Crippen LogP) is -3.41. The van der Waals surface area contributed by atoms with Gasteiger partial charge in [0.2, 0.25) is 53.2 Å². The van der Waals surface area contributed by atoms with Crippen LogP contribution in [-0.2, 0) is 54.4 Å². The monoisotopic (exact) mass is 916 g/mol. The highest BCUT2D eigenvalue weighted by molar-refractivity contribution is 5.99. The fraction of sp³-hybridized carbons (Fsp3) is 0.619. The number of carbonyl (C=O) groups excluding carboxylic acids is 9. The van der Waals surface area contributed by atoms with Gasteiger partial charge in [0.1, 0.15) is 54.1 Å². The van der Waals surface area contributed by atoms with E-state index < -0.39 is 139 Å². The third-order valence-electron chi connectivity index (χ3n) is 11.6. The number of primary amides is 2.